The van der Waals surface area contributed by atoms with Gasteiger partial charge in [-0.15, -0.1) is 0 Å². The maximum absolute atomic E-state index is 12.4. The van der Waals surface area contributed by atoms with Crippen molar-refractivity contribution in [1.82, 2.24) is 4.98 Å². The van der Waals surface area contributed by atoms with Crippen LogP contribution in [0.4, 0.5) is 8.78 Å². The van der Waals surface area contributed by atoms with Crippen LogP contribution in [0.3, 0.4) is 0 Å². The van der Waals surface area contributed by atoms with Crippen molar-refractivity contribution >= 4 is 34.2 Å². The normalized spacial score (nSPS) is 10.3. The molecule has 0 aromatic carbocycles. The molecule has 0 aliphatic carbocycles. The highest BCUT2D eigenvalue weighted by Gasteiger charge is 2.17. The van der Waals surface area contributed by atoms with E-state index in [4.69, 9.17) is 16.9 Å². The number of pyridine rings is 1. The third-order valence-electron chi connectivity index (χ3n) is 1.46. The van der Waals surface area contributed by atoms with E-state index in [0.29, 0.717) is 0 Å². The maximum Gasteiger partial charge on any atom is 0.281 e. The van der Waals surface area contributed by atoms with Gasteiger partial charge in [0, 0.05) is 0 Å². The summed E-state index contributed by atoms with van der Waals surface area (Å²) in [5, 5.41) is 8.60. The number of hydrogen-bond acceptors (Lipinski definition) is 2. The molecule has 1 rings (SSSR count). The largest absolute Gasteiger partial charge is 0.281 e. The van der Waals surface area contributed by atoms with E-state index in [9.17, 15) is 8.78 Å². The van der Waals surface area contributed by atoms with Crippen molar-refractivity contribution in [3.63, 3.8) is 0 Å². The Bertz CT molecular complexity index is 390. The van der Waals surface area contributed by atoms with Gasteiger partial charge in [0.25, 0.3) is 6.43 Å². The Morgan fingerprint density at radius 3 is 2.79 bits per heavy atom. The first-order valence-corrected chi connectivity index (χ1v) is 5.02. The minimum atomic E-state index is -2.67. The summed E-state index contributed by atoms with van der Waals surface area (Å²) in [5.41, 5.74) is -0.0865. The zero-order valence-electron chi connectivity index (χ0n) is 6.77. The van der Waals surface area contributed by atoms with Crippen molar-refractivity contribution in [2.24, 2.45) is 0 Å². The van der Waals surface area contributed by atoms with Gasteiger partial charge in [-0.1, -0.05) is 11.6 Å². The summed E-state index contributed by atoms with van der Waals surface area (Å²) in [4.78, 5) is 3.66. The Morgan fingerprint density at radius 1 is 1.64 bits per heavy atom. The molecule has 1 aromatic rings. The Labute approximate surface area is 98.0 Å². The van der Waals surface area contributed by atoms with Crippen molar-refractivity contribution < 1.29 is 8.78 Å². The van der Waals surface area contributed by atoms with Crippen molar-refractivity contribution in [2.75, 3.05) is 0 Å². The average molecular weight is 328 g/mol. The minimum absolute atomic E-state index is 0.0175. The highest BCUT2D eigenvalue weighted by Crippen LogP contribution is 2.28. The van der Waals surface area contributed by atoms with Crippen molar-refractivity contribution in [2.45, 2.75) is 12.8 Å². The summed E-state index contributed by atoms with van der Waals surface area (Å²) >= 11 is 7.42. The molecule has 6 heteroatoms. The van der Waals surface area contributed by atoms with E-state index in [2.05, 4.69) is 4.98 Å². The number of halogens is 4. The van der Waals surface area contributed by atoms with E-state index in [1.165, 1.54) is 6.07 Å². The quantitative estimate of drug-likeness (QED) is 0.781. The molecule has 0 amide bonds. The Hall–Kier alpha value is -0.480. The first-order chi connectivity index (χ1) is 6.56. The van der Waals surface area contributed by atoms with E-state index in [-0.39, 0.29) is 26.4 Å². The molecule has 0 fully saturated rings. The van der Waals surface area contributed by atoms with Crippen LogP contribution in [0.2, 0.25) is 5.02 Å². The van der Waals surface area contributed by atoms with Crippen LogP contribution in [0.25, 0.3) is 0 Å². The molecular weight excluding hydrogens is 324 g/mol. The third-order valence-corrected chi connectivity index (χ3v) is 3.21. The fourth-order valence-electron chi connectivity index (χ4n) is 0.884. The second kappa shape index (κ2) is 4.84. The van der Waals surface area contributed by atoms with Crippen LogP contribution in [-0.4, -0.2) is 4.98 Å². The molecule has 2 nitrogen and oxygen atoms in total. The Balaban J connectivity index is 3.22. The topological polar surface area (TPSA) is 36.7 Å². The monoisotopic (exact) mass is 328 g/mol. The third kappa shape index (κ3) is 2.51. The molecule has 0 N–H and O–H groups in total. The molecule has 0 saturated heterocycles. The van der Waals surface area contributed by atoms with Crippen LogP contribution in [0.5, 0.6) is 0 Å². The lowest BCUT2D eigenvalue weighted by atomic mass is 10.2. The van der Waals surface area contributed by atoms with Gasteiger partial charge in [-0.05, 0) is 28.7 Å². The van der Waals surface area contributed by atoms with Crippen LogP contribution in [0, 0.1) is 14.9 Å². The van der Waals surface area contributed by atoms with Gasteiger partial charge in [0.15, 0.2) is 0 Å². The predicted octanol–water partition coefficient (Wildman–Crippen LogP) is 3.34. The number of nitrogens with zero attached hydrogens (tertiary/aromatic N) is 2. The van der Waals surface area contributed by atoms with E-state index < -0.39 is 6.43 Å². The Morgan fingerprint density at radius 2 is 2.29 bits per heavy atom. The molecule has 74 valence electrons. The number of aromatic nitrogens is 1. The predicted molar refractivity (Wildman–Crippen MR) is 56.2 cm³/mol. The summed E-state index contributed by atoms with van der Waals surface area (Å²) < 4.78 is 25.1. The lowest BCUT2D eigenvalue weighted by Gasteiger charge is -2.05. The molecule has 0 radical (unpaired) electrons. The second-order valence-electron chi connectivity index (χ2n) is 2.43. The SMILES string of the molecule is N#CCc1cc(Cl)c(I)c(C(F)F)n1. The molecule has 1 heterocycles. The van der Waals surface area contributed by atoms with Gasteiger partial charge in [-0.25, -0.2) is 13.8 Å². The molecule has 0 unspecified atom stereocenters. The van der Waals surface area contributed by atoms with Gasteiger partial charge in [-0.2, -0.15) is 5.26 Å². The van der Waals surface area contributed by atoms with Gasteiger partial charge in [-0.3, -0.25) is 0 Å². The van der Waals surface area contributed by atoms with Gasteiger partial charge >= 0.3 is 0 Å². The molecule has 0 atom stereocenters. The minimum Gasteiger partial charge on any atom is -0.250 e. The molecule has 0 bridgehead atoms. The van der Waals surface area contributed by atoms with E-state index in [1.54, 1.807) is 22.6 Å². The summed E-state index contributed by atoms with van der Waals surface area (Å²) in [6, 6.07) is 3.26. The van der Waals surface area contributed by atoms with Gasteiger partial charge in [0.1, 0.15) is 5.69 Å². The first-order valence-electron chi connectivity index (χ1n) is 3.56. The molecule has 0 saturated carbocycles. The molecule has 0 spiro atoms. The van der Waals surface area contributed by atoms with E-state index >= 15 is 0 Å². The zero-order valence-corrected chi connectivity index (χ0v) is 9.68. The number of nitriles is 1. The van der Waals surface area contributed by atoms with Crippen molar-refractivity contribution in [3.8, 4) is 6.07 Å². The lowest BCUT2D eigenvalue weighted by Crippen LogP contribution is -1.99. The number of rotatable bonds is 2. The average Bonchev–Trinajstić information content (AvgIpc) is 2.11. The van der Waals surface area contributed by atoms with Crippen molar-refractivity contribution in [1.29, 1.82) is 5.26 Å². The summed E-state index contributed by atoms with van der Waals surface area (Å²) in [6.45, 7) is 0. The van der Waals surface area contributed by atoms with Gasteiger partial charge < -0.3 is 0 Å². The summed E-state index contributed by atoms with van der Waals surface area (Å²) in [5.74, 6) is 0. The molecule has 0 aliphatic rings. The van der Waals surface area contributed by atoms with Gasteiger partial charge in [0.05, 0.1) is 26.8 Å². The van der Waals surface area contributed by atoms with Crippen LogP contribution in [0.15, 0.2) is 6.07 Å². The molecular formula is C8H4ClF2IN2. The summed E-state index contributed by atoms with van der Waals surface area (Å²) in [6.07, 6.45) is -2.69. The van der Waals surface area contributed by atoms with Gasteiger partial charge in [0.2, 0.25) is 0 Å². The number of alkyl halides is 2. The Kier molecular flexibility index (Phi) is 4.01. The van der Waals surface area contributed by atoms with E-state index in [1.807, 2.05) is 6.07 Å². The van der Waals surface area contributed by atoms with Crippen LogP contribution in [-0.2, 0) is 6.42 Å². The highest BCUT2D eigenvalue weighted by molar-refractivity contribution is 14.1. The fraction of sp³-hybridized carbons (Fsp3) is 0.250. The smallest absolute Gasteiger partial charge is 0.250 e. The highest BCUT2D eigenvalue weighted by atomic mass is 127. The van der Waals surface area contributed by atoms with Crippen LogP contribution in [0.1, 0.15) is 17.8 Å². The number of hydrogen-bond donors (Lipinski definition) is 0. The van der Waals surface area contributed by atoms with E-state index in [0.717, 1.165) is 0 Å². The molecule has 14 heavy (non-hydrogen) atoms. The summed E-state index contributed by atoms with van der Waals surface area (Å²) in [7, 11) is 0. The lowest BCUT2D eigenvalue weighted by molar-refractivity contribution is 0.145. The maximum atomic E-state index is 12.4. The van der Waals surface area contributed by atoms with Crippen LogP contribution < -0.4 is 0 Å². The second-order valence-corrected chi connectivity index (χ2v) is 3.92. The van der Waals surface area contributed by atoms with Crippen LogP contribution >= 0.6 is 34.2 Å². The standard InChI is InChI=1S/C8H4ClF2IN2/c9-5-3-4(1-2-13)14-7(6(5)12)8(10)11/h3,8H,1H2. The first kappa shape index (κ1) is 11.6. The molecule has 0 aliphatic heterocycles. The fourth-order valence-corrected chi connectivity index (χ4v) is 1.62. The zero-order chi connectivity index (χ0) is 10.7. The van der Waals surface area contributed by atoms with Crippen molar-refractivity contribution in [3.05, 3.63) is 26.0 Å². The molecule has 1 aromatic heterocycles.